The lowest BCUT2D eigenvalue weighted by molar-refractivity contribution is -0.124. The average molecular weight is 355 g/mol. The van der Waals surface area contributed by atoms with Crippen LogP contribution in [0.15, 0.2) is 54.7 Å². The molecule has 25 heavy (non-hydrogen) atoms. The molecule has 1 heterocycles. The Bertz CT molecular complexity index is 907. The number of aromatic nitrogens is 1. The first-order valence-corrected chi connectivity index (χ1v) is 8.47. The number of fused-ring (bicyclic) bond motifs is 1. The Morgan fingerprint density at radius 2 is 1.84 bits per heavy atom. The highest BCUT2D eigenvalue weighted by Crippen LogP contribution is 2.34. The van der Waals surface area contributed by atoms with Crippen LogP contribution in [-0.2, 0) is 4.79 Å². The molecule has 0 saturated heterocycles. The number of carbonyl (C=O) groups is 1. The number of benzene rings is 2. The zero-order chi connectivity index (χ0) is 18.0. The molecule has 1 amide bonds. The number of carbonyl (C=O) groups excluding carboxylic acids is 1. The maximum absolute atomic E-state index is 12.3. The number of amides is 1. The fraction of sp³-hybridized carbons (Fsp3) is 0.200. The van der Waals surface area contributed by atoms with Crippen LogP contribution in [0.25, 0.3) is 10.9 Å². The van der Waals surface area contributed by atoms with Gasteiger partial charge in [0.2, 0.25) is 5.91 Å². The molecule has 0 spiro atoms. The molecule has 2 aromatic carbocycles. The molecule has 5 heteroatoms. The number of aromatic hydroxyl groups is 1. The van der Waals surface area contributed by atoms with E-state index in [9.17, 15) is 9.90 Å². The van der Waals surface area contributed by atoms with E-state index in [-0.39, 0.29) is 17.6 Å². The molecule has 3 aromatic rings. The smallest absolute Gasteiger partial charge is 0.223 e. The molecule has 0 unspecified atom stereocenters. The Hall–Kier alpha value is -2.59. The molecule has 1 atom stereocenters. The fourth-order valence-corrected chi connectivity index (χ4v) is 2.81. The minimum Gasteiger partial charge on any atom is -0.505 e. The first kappa shape index (κ1) is 17.2. The maximum atomic E-state index is 12.3. The highest BCUT2D eigenvalue weighted by Gasteiger charge is 2.22. The lowest BCUT2D eigenvalue weighted by Crippen LogP contribution is -2.32. The fourth-order valence-electron chi connectivity index (χ4n) is 2.68. The summed E-state index contributed by atoms with van der Waals surface area (Å²) >= 11 is 5.98. The lowest BCUT2D eigenvalue weighted by Gasteiger charge is -2.22. The summed E-state index contributed by atoms with van der Waals surface area (Å²) in [6.07, 6.45) is 1.63. The van der Waals surface area contributed by atoms with Crippen LogP contribution in [0.3, 0.4) is 0 Å². The first-order chi connectivity index (χ1) is 12.0. The number of rotatable bonds is 4. The Labute approximate surface area is 151 Å². The molecule has 0 aliphatic heterocycles. The summed E-state index contributed by atoms with van der Waals surface area (Å²) in [4.78, 5) is 16.6. The summed E-state index contributed by atoms with van der Waals surface area (Å²) in [5, 5.41) is 15.2. The third kappa shape index (κ3) is 3.59. The summed E-state index contributed by atoms with van der Waals surface area (Å²) < 4.78 is 0. The number of nitrogens with zero attached hydrogens (tertiary/aromatic N) is 1. The second kappa shape index (κ2) is 7.11. The van der Waals surface area contributed by atoms with Gasteiger partial charge in [-0.15, -0.1) is 0 Å². The molecule has 2 N–H and O–H groups in total. The van der Waals surface area contributed by atoms with Crippen LogP contribution in [0.4, 0.5) is 0 Å². The highest BCUT2D eigenvalue weighted by atomic mass is 35.5. The van der Waals surface area contributed by atoms with Crippen LogP contribution in [0.1, 0.15) is 31.0 Å². The van der Waals surface area contributed by atoms with Gasteiger partial charge < -0.3 is 10.4 Å². The molecule has 0 aliphatic carbocycles. The largest absolute Gasteiger partial charge is 0.505 e. The molecule has 128 valence electrons. The number of phenols is 1. The van der Waals surface area contributed by atoms with Crippen molar-refractivity contribution in [3.8, 4) is 5.75 Å². The number of hydrogen-bond acceptors (Lipinski definition) is 3. The SMILES string of the molecule is CC(C)C(=O)N[C@H](c1ccc(Cl)cc1)c1ccc2cccnc2c1O. The second-order valence-electron chi connectivity index (χ2n) is 6.23. The second-order valence-corrected chi connectivity index (χ2v) is 6.66. The Balaban J connectivity index is 2.12. The summed E-state index contributed by atoms with van der Waals surface area (Å²) in [6.45, 7) is 3.66. The quantitative estimate of drug-likeness (QED) is 0.727. The summed E-state index contributed by atoms with van der Waals surface area (Å²) in [5.74, 6) is -0.196. The van der Waals surface area contributed by atoms with Crippen molar-refractivity contribution in [2.45, 2.75) is 19.9 Å². The summed E-state index contributed by atoms with van der Waals surface area (Å²) in [5.41, 5.74) is 1.95. The van der Waals surface area contributed by atoms with E-state index in [4.69, 9.17) is 11.6 Å². The normalized spacial score (nSPS) is 12.3. The van der Waals surface area contributed by atoms with Gasteiger partial charge in [-0.1, -0.05) is 55.8 Å². The standard InChI is InChI=1S/C20H19ClN2O2/c1-12(2)20(25)23-17(14-5-8-15(21)9-6-14)16-10-7-13-4-3-11-22-18(13)19(16)24/h3-12,17,24H,1-2H3,(H,23,25)/t17-/m1/s1. The zero-order valence-corrected chi connectivity index (χ0v) is 14.8. The topological polar surface area (TPSA) is 62.2 Å². The lowest BCUT2D eigenvalue weighted by atomic mass is 9.95. The number of nitrogens with one attached hydrogen (secondary N) is 1. The van der Waals surface area contributed by atoms with E-state index in [0.29, 0.717) is 16.1 Å². The van der Waals surface area contributed by atoms with Crippen LogP contribution < -0.4 is 5.32 Å². The van der Waals surface area contributed by atoms with Crippen molar-refractivity contribution in [3.63, 3.8) is 0 Å². The average Bonchev–Trinajstić information content (AvgIpc) is 2.61. The predicted octanol–water partition coefficient (Wildman–Crippen LogP) is 4.46. The Morgan fingerprint density at radius 1 is 1.12 bits per heavy atom. The van der Waals surface area contributed by atoms with Crippen molar-refractivity contribution in [2.24, 2.45) is 5.92 Å². The molecule has 0 saturated carbocycles. The Kier molecular flexibility index (Phi) is 4.91. The van der Waals surface area contributed by atoms with Gasteiger partial charge in [0.1, 0.15) is 11.3 Å². The molecular formula is C20H19ClN2O2. The molecular weight excluding hydrogens is 336 g/mol. The van der Waals surface area contributed by atoms with Crippen molar-refractivity contribution < 1.29 is 9.90 Å². The van der Waals surface area contributed by atoms with Gasteiger partial charge in [0.25, 0.3) is 0 Å². The van der Waals surface area contributed by atoms with Gasteiger partial charge in [-0.3, -0.25) is 9.78 Å². The highest BCUT2D eigenvalue weighted by molar-refractivity contribution is 6.30. The van der Waals surface area contributed by atoms with Gasteiger partial charge >= 0.3 is 0 Å². The predicted molar refractivity (Wildman–Crippen MR) is 99.7 cm³/mol. The number of halogens is 1. The minimum atomic E-state index is -0.487. The molecule has 0 radical (unpaired) electrons. The summed E-state index contributed by atoms with van der Waals surface area (Å²) in [7, 11) is 0. The van der Waals surface area contributed by atoms with Crippen LogP contribution in [0, 0.1) is 5.92 Å². The number of phenolic OH excluding ortho intramolecular Hbond substituents is 1. The van der Waals surface area contributed by atoms with Gasteiger partial charge in [0, 0.05) is 28.1 Å². The van der Waals surface area contributed by atoms with Crippen molar-refractivity contribution in [2.75, 3.05) is 0 Å². The van der Waals surface area contributed by atoms with Crippen molar-refractivity contribution in [1.29, 1.82) is 0 Å². The number of pyridine rings is 1. The van der Waals surface area contributed by atoms with Crippen LogP contribution in [0.2, 0.25) is 5.02 Å². The van der Waals surface area contributed by atoms with Gasteiger partial charge in [-0.25, -0.2) is 0 Å². The number of hydrogen-bond donors (Lipinski definition) is 2. The van der Waals surface area contributed by atoms with Crippen LogP contribution in [0.5, 0.6) is 5.75 Å². The Morgan fingerprint density at radius 3 is 2.52 bits per heavy atom. The molecule has 1 aromatic heterocycles. The van der Waals surface area contributed by atoms with Crippen molar-refractivity contribution in [1.82, 2.24) is 10.3 Å². The van der Waals surface area contributed by atoms with E-state index in [1.54, 1.807) is 18.3 Å². The zero-order valence-electron chi connectivity index (χ0n) is 14.0. The van der Waals surface area contributed by atoms with E-state index < -0.39 is 6.04 Å². The monoisotopic (exact) mass is 354 g/mol. The van der Waals surface area contributed by atoms with E-state index in [1.807, 2.05) is 50.2 Å². The van der Waals surface area contributed by atoms with Crippen molar-refractivity contribution in [3.05, 3.63) is 70.9 Å². The van der Waals surface area contributed by atoms with Gasteiger partial charge in [0.05, 0.1) is 6.04 Å². The van der Waals surface area contributed by atoms with E-state index in [2.05, 4.69) is 10.3 Å². The molecule has 0 aliphatic rings. The van der Waals surface area contributed by atoms with E-state index in [1.165, 1.54) is 0 Å². The maximum Gasteiger partial charge on any atom is 0.223 e. The molecule has 3 rings (SSSR count). The van der Waals surface area contributed by atoms with Crippen LogP contribution >= 0.6 is 11.6 Å². The minimum absolute atomic E-state index is 0.0714. The summed E-state index contributed by atoms with van der Waals surface area (Å²) in [6, 6.07) is 14.1. The molecule has 4 nitrogen and oxygen atoms in total. The third-order valence-corrected chi connectivity index (χ3v) is 4.36. The first-order valence-electron chi connectivity index (χ1n) is 8.10. The van der Waals surface area contributed by atoms with Crippen LogP contribution in [-0.4, -0.2) is 16.0 Å². The van der Waals surface area contributed by atoms with Gasteiger partial charge in [0.15, 0.2) is 0 Å². The van der Waals surface area contributed by atoms with Crippen molar-refractivity contribution >= 4 is 28.4 Å². The van der Waals surface area contributed by atoms with E-state index >= 15 is 0 Å². The molecule has 0 fully saturated rings. The van der Waals surface area contributed by atoms with E-state index in [0.717, 1.165) is 10.9 Å². The third-order valence-electron chi connectivity index (χ3n) is 4.10. The van der Waals surface area contributed by atoms with Gasteiger partial charge in [-0.05, 0) is 23.8 Å². The van der Waals surface area contributed by atoms with Gasteiger partial charge in [-0.2, -0.15) is 0 Å². The molecule has 0 bridgehead atoms.